The molecule has 2 aromatic carbocycles. The molecule has 0 radical (unpaired) electrons. The molecule has 1 N–H and O–H groups in total. The molecule has 1 aliphatic rings. The summed E-state index contributed by atoms with van der Waals surface area (Å²) in [5.74, 6) is -0.782. The summed E-state index contributed by atoms with van der Waals surface area (Å²) < 4.78 is 45.5. The average Bonchev–Trinajstić information content (AvgIpc) is 3.14. The molecule has 1 amide bonds. The molecule has 0 spiro atoms. The van der Waals surface area contributed by atoms with Crippen molar-refractivity contribution in [1.29, 1.82) is 5.26 Å². The number of nitro groups is 1. The van der Waals surface area contributed by atoms with Crippen LogP contribution in [-0.4, -0.2) is 35.9 Å². The molecule has 0 aromatic heterocycles. The third-order valence-electron chi connectivity index (χ3n) is 4.50. The lowest BCUT2D eigenvalue weighted by Gasteiger charge is -2.26. The predicted molar refractivity (Wildman–Crippen MR) is 99.7 cm³/mol. The third kappa shape index (κ3) is 4.33. The first kappa shape index (κ1) is 21.1. The maximum Gasteiger partial charge on any atom is 0.433 e. The maximum absolute atomic E-state index is 13.5. The smallest absolute Gasteiger partial charge is 0.335 e. The summed E-state index contributed by atoms with van der Waals surface area (Å²) in [6.07, 6.45) is -8.60. The Morgan fingerprint density at radius 1 is 1.30 bits per heavy atom. The summed E-state index contributed by atoms with van der Waals surface area (Å²) in [4.78, 5) is 23.6. The number of alkyl halides is 3. The van der Waals surface area contributed by atoms with Gasteiger partial charge in [0.2, 0.25) is 6.23 Å². The normalized spacial score (nSPS) is 18.7. The summed E-state index contributed by atoms with van der Waals surface area (Å²) in [6.45, 7) is 1.01. The van der Waals surface area contributed by atoms with Crippen molar-refractivity contribution < 1.29 is 27.6 Å². The number of aryl methyl sites for hydroxylation is 1. The number of nitriles is 1. The van der Waals surface area contributed by atoms with Gasteiger partial charge in [-0.3, -0.25) is 14.9 Å². The maximum atomic E-state index is 13.5. The second-order valence-electron chi connectivity index (χ2n) is 6.58. The van der Waals surface area contributed by atoms with Crippen LogP contribution in [-0.2, 0) is 9.53 Å². The van der Waals surface area contributed by atoms with Crippen molar-refractivity contribution in [3.8, 4) is 6.07 Å². The molecule has 2 aromatic rings. The fourth-order valence-electron chi connectivity index (χ4n) is 3.06. The first-order chi connectivity index (χ1) is 14.1. The molecule has 3 rings (SSSR count). The summed E-state index contributed by atoms with van der Waals surface area (Å²) >= 11 is 0. The zero-order valence-electron chi connectivity index (χ0n) is 15.5. The van der Waals surface area contributed by atoms with E-state index in [2.05, 4.69) is 5.32 Å². The highest BCUT2D eigenvalue weighted by Crippen LogP contribution is 2.36. The largest absolute Gasteiger partial charge is 0.433 e. The number of hydrogen-bond donors (Lipinski definition) is 1. The first-order valence-electron chi connectivity index (χ1n) is 8.65. The van der Waals surface area contributed by atoms with Crippen molar-refractivity contribution >= 4 is 23.0 Å². The topological polar surface area (TPSA) is 108 Å². The van der Waals surface area contributed by atoms with Gasteiger partial charge in [0.25, 0.3) is 11.6 Å². The van der Waals surface area contributed by atoms with E-state index in [0.717, 1.165) is 11.0 Å². The Bertz CT molecular complexity index is 1020. The minimum atomic E-state index is -4.79. The Labute approximate surface area is 168 Å². The lowest BCUT2D eigenvalue weighted by atomic mass is 10.1. The predicted octanol–water partition coefficient (Wildman–Crippen LogP) is 3.51. The minimum Gasteiger partial charge on any atom is -0.335 e. The van der Waals surface area contributed by atoms with Crippen LogP contribution in [0.3, 0.4) is 0 Å². The Hall–Kier alpha value is -3.65. The van der Waals surface area contributed by atoms with Gasteiger partial charge in [-0.25, -0.2) is 0 Å². The fraction of sp³-hybridized carbons (Fsp3) is 0.263. The summed E-state index contributed by atoms with van der Waals surface area (Å²) in [5.41, 5.74) is 0.674. The van der Waals surface area contributed by atoms with Crippen LogP contribution in [0.1, 0.15) is 11.1 Å². The zero-order chi connectivity index (χ0) is 22.1. The number of benzene rings is 2. The molecule has 11 heteroatoms. The van der Waals surface area contributed by atoms with Crippen molar-refractivity contribution in [3.05, 3.63) is 63.7 Å². The van der Waals surface area contributed by atoms with E-state index < -0.39 is 35.9 Å². The van der Waals surface area contributed by atoms with Crippen molar-refractivity contribution in [2.75, 3.05) is 16.8 Å². The van der Waals surface area contributed by atoms with Gasteiger partial charge in [0, 0.05) is 23.0 Å². The number of nitrogens with zero attached hydrogens (tertiary/aromatic N) is 3. The van der Waals surface area contributed by atoms with Crippen LogP contribution >= 0.6 is 0 Å². The number of carbonyl (C=O) groups is 1. The second kappa shape index (κ2) is 8.00. The molecule has 1 fully saturated rings. The molecule has 0 bridgehead atoms. The van der Waals surface area contributed by atoms with Gasteiger partial charge in [0.05, 0.1) is 23.1 Å². The van der Waals surface area contributed by atoms with E-state index in [1.54, 1.807) is 0 Å². The Balaban J connectivity index is 1.82. The summed E-state index contributed by atoms with van der Waals surface area (Å²) in [6, 6.07) is 11.3. The van der Waals surface area contributed by atoms with E-state index in [1.807, 2.05) is 6.07 Å². The number of ether oxygens (including phenoxy) is 1. The van der Waals surface area contributed by atoms with E-state index in [1.165, 1.54) is 43.3 Å². The standard InChI is InChI=1S/C19H15F3N4O4/c1-11-8-14(6-7-15(11)26(28)29)25-10-16(30-18(25)19(20,21)22)17(27)24-13-4-2-12(9-23)3-5-13/h2-8,16,18H,10H2,1H3,(H,24,27)/t16-,18+/m0/s1. The van der Waals surface area contributed by atoms with Crippen molar-refractivity contribution in [2.45, 2.75) is 25.4 Å². The van der Waals surface area contributed by atoms with Gasteiger partial charge in [-0.1, -0.05) is 0 Å². The van der Waals surface area contributed by atoms with Gasteiger partial charge in [0.15, 0.2) is 6.10 Å². The number of hydrogen-bond acceptors (Lipinski definition) is 6. The van der Waals surface area contributed by atoms with E-state index in [0.29, 0.717) is 11.3 Å². The highest BCUT2D eigenvalue weighted by atomic mass is 19.4. The lowest BCUT2D eigenvalue weighted by molar-refractivity contribution is -0.385. The van der Waals surface area contributed by atoms with Crippen molar-refractivity contribution in [3.63, 3.8) is 0 Å². The van der Waals surface area contributed by atoms with Crippen molar-refractivity contribution in [1.82, 2.24) is 0 Å². The number of anilines is 2. The minimum absolute atomic E-state index is 0.0501. The van der Waals surface area contributed by atoms with Crippen LogP contribution in [0.4, 0.5) is 30.2 Å². The molecule has 1 heterocycles. The van der Waals surface area contributed by atoms with Crippen LogP contribution < -0.4 is 10.2 Å². The molecule has 30 heavy (non-hydrogen) atoms. The van der Waals surface area contributed by atoms with Gasteiger partial charge >= 0.3 is 6.18 Å². The molecular formula is C19H15F3N4O4. The lowest BCUT2D eigenvalue weighted by Crippen LogP contribution is -2.42. The molecule has 1 saturated heterocycles. The second-order valence-corrected chi connectivity index (χ2v) is 6.58. The van der Waals surface area contributed by atoms with E-state index in [9.17, 15) is 28.1 Å². The molecule has 1 aliphatic heterocycles. The monoisotopic (exact) mass is 420 g/mol. The van der Waals surface area contributed by atoms with Crippen LogP contribution in [0.25, 0.3) is 0 Å². The van der Waals surface area contributed by atoms with Crippen LogP contribution in [0.15, 0.2) is 42.5 Å². The zero-order valence-corrected chi connectivity index (χ0v) is 15.5. The summed E-state index contributed by atoms with van der Waals surface area (Å²) in [5, 5.41) is 22.2. The Kier molecular flexibility index (Phi) is 5.62. The quantitative estimate of drug-likeness (QED) is 0.599. The molecular weight excluding hydrogens is 405 g/mol. The van der Waals surface area contributed by atoms with Gasteiger partial charge < -0.3 is 15.0 Å². The van der Waals surface area contributed by atoms with Crippen LogP contribution in [0, 0.1) is 28.4 Å². The van der Waals surface area contributed by atoms with E-state index in [-0.39, 0.29) is 16.9 Å². The average molecular weight is 420 g/mol. The number of carbonyl (C=O) groups excluding carboxylic acids is 1. The Morgan fingerprint density at radius 3 is 2.50 bits per heavy atom. The molecule has 8 nitrogen and oxygen atoms in total. The molecule has 2 atom stereocenters. The van der Waals surface area contributed by atoms with Crippen molar-refractivity contribution in [2.24, 2.45) is 0 Å². The van der Waals surface area contributed by atoms with E-state index in [4.69, 9.17) is 10.00 Å². The first-order valence-corrected chi connectivity index (χ1v) is 8.65. The number of halogens is 3. The van der Waals surface area contributed by atoms with Crippen LogP contribution in [0.2, 0.25) is 0 Å². The number of rotatable bonds is 4. The third-order valence-corrected chi connectivity index (χ3v) is 4.50. The Morgan fingerprint density at radius 2 is 1.97 bits per heavy atom. The van der Waals surface area contributed by atoms with Crippen LogP contribution in [0.5, 0.6) is 0 Å². The SMILES string of the molecule is Cc1cc(N2C[C@@H](C(=O)Nc3ccc(C#N)cc3)O[C@@H]2C(F)(F)F)ccc1[N+](=O)[O-]. The van der Waals surface area contributed by atoms with Gasteiger partial charge in [-0.15, -0.1) is 0 Å². The fourth-order valence-corrected chi connectivity index (χ4v) is 3.06. The summed E-state index contributed by atoms with van der Waals surface area (Å²) in [7, 11) is 0. The van der Waals surface area contributed by atoms with E-state index >= 15 is 0 Å². The van der Waals surface area contributed by atoms with Gasteiger partial charge in [-0.05, 0) is 43.3 Å². The molecule has 0 aliphatic carbocycles. The highest BCUT2D eigenvalue weighted by Gasteiger charge is 2.52. The van der Waals surface area contributed by atoms with Gasteiger partial charge in [-0.2, -0.15) is 18.4 Å². The number of nitrogens with one attached hydrogen (secondary N) is 1. The number of nitro benzene ring substituents is 1. The number of amides is 1. The molecule has 0 unspecified atom stereocenters. The van der Waals surface area contributed by atoms with Gasteiger partial charge in [0.1, 0.15) is 0 Å². The highest BCUT2D eigenvalue weighted by molar-refractivity contribution is 5.95. The molecule has 156 valence electrons. The molecule has 0 saturated carbocycles.